The van der Waals surface area contributed by atoms with Crippen LogP contribution in [0.5, 0.6) is 23.0 Å². The first-order valence-corrected chi connectivity index (χ1v) is 14.3. The van der Waals surface area contributed by atoms with Crippen molar-refractivity contribution in [2.24, 2.45) is 0 Å². The number of benzene rings is 4. The number of carboxylic acids is 1. The van der Waals surface area contributed by atoms with Gasteiger partial charge in [-0.25, -0.2) is 0 Å². The highest BCUT2D eigenvalue weighted by molar-refractivity contribution is 5.73. The Morgan fingerprint density at radius 1 is 0.977 bits per heavy atom. The topological polar surface area (TPSA) is 130 Å². The summed E-state index contributed by atoms with van der Waals surface area (Å²) < 4.78 is 23.9. The van der Waals surface area contributed by atoms with E-state index in [0.717, 1.165) is 50.4 Å². The Morgan fingerprint density at radius 3 is 2.55 bits per heavy atom. The van der Waals surface area contributed by atoms with E-state index in [-0.39, 0.29) is 13.2 Å². The van der Waals surface area contributed by atoms with Crippen molar-refractivity contribution in [1.29, 1.82) is 5.26 Å². The van der Waals surface area contributed by atoms with Gasteiger partial charge in [0.2, 0.25) is 0 Å². The molecule has 226 valence electrons. The fourth-order valence-corrected chi connectivity index (χ4v) is 5.06. The summed E-state index contributed by atoms with van der Waals surface area (Å²) in [5, 5.41) is 31.0. The van der Waals surface area contributed by atoms with Gasteiger partial charge in [-0.2, -0.15) is 5.26 Å². The standard InChI is InChI=1S/C35H34N2O7/c1-22-13-28(43-21-27-7-4-8-29(23(27)2)26-9-10-32-34(15-26)42-12-11-41-32)16-33(30(22)18-37-31(19-38)35(39)40)44-20-25-6-3-5-24(14-25)17-36/h3-10,13-16,31,37-38H,11-12,18-21H2,1-2H3,(H,39,40)/t31-/m1/s1. The smallest absolute Gasteiger partial charge is 0.323 e. The summed E-state index contributed by atoms with van der Waals surface area (Å²) in [6.07, 6.45) is 0. The second-order valence-corrected chi connectivity index (χ2v) is 10.5. The SMILES string of the molecule is Cc1cc(OCc2cccc(-c3ccc4c(c3)OCCO4)c2C)cc(OCc2cccc(C#N)c2)c1CN[C@H](CO)C(=O)O. The first-order chi connectivity index (χ1) is 21.4. The van der Waals surface area contributed by atoms with Gasteiger partial charge in [0, 0.05) is 18.2 Å². The second-order valence-electron chi connectivity index (χ2n) is 10.5. The number of hydrogen-bond donors (Lipinski definition) is 3. The number of nitriles is 1. The molecular weight excluding hydrogens is 560 g/mol. The molecule has 0 fully saturated rings. The molecular formula is C35H34N2O7. The number of nitrogens with one attached hydrogen (secondary N) is 1. The summed E-state index contributed by atoms with van der Waals surface area (Å²) in [7, 11) is 0. The van der Waals surface area contributed by atoms with Crippen molar-refractivity contribution in [3.05, 3.63) is 106 Å². The van der Waals surface area contributed by atoms with Crippen molar-refractivity contribution < 1.29 is 34.0 Å². The first-order valence-electron chi connectivity index (χ1n) is 14.3. The highest BCUT2D eigenvalue weighted by Gasteiger charge is 2.19. The maximum absolute atomic E-state index is 11.5. The molecule has 0 bridgehead atoms. The molecule has 9 heteroatoms. The largest absolute Gasteiger partial charge is 0.489 e. The molecule has 0 spiro atoms. The van der Waals surface area contributed by atoms with Crippen LogP contribution in [0, 0.1) is 25.2 Å². The average Bonchev–Trinajstić information content (AvgIpc) is 3.04. The number of ether oxygens (including phenoxy) is 4. The minimum atomic E-state index is -1.14. The van der Waals surface area contributed by atoms with Gasteiger partial charge in [-0.1, -0.05) is 36.4 Å². The molecule has 0 amide bonds. The maximum Gasteiger partial charge on any atom is 0.323 e. The lowest BCUT2D eigenvalue weighted by atomic mass is 9.96. The molecule has 1 heterocycles. The lowest BCUT2D eigenvalue weighted by Gasteiger charge is -2.20. The van der Waals surface area contributed by atoms with E-state index in [4.69, 9.17) is 18.9 Å². The molecule has 0 saturated heterocycles. The van der Waals surface area contributed by atoms with Crippen LogP contribution in [0.25, 0.3) is 11.1 Å². The van der Waals surface area contributed by atoms with Gasteiger partial charge in [0.15, 0.2) is 11.5 Å². The Morgan fingerprint density at radius 2 is 1.77 bits per heavy atom. The van der Waals surface area contributed by atoms with Crippen LogP contribution in [0.1, 0.15) is 33.4 Å². The fraction of sp³-hybridized carbons (Fsp3) is 0.257. The van der Waals surface area contributed by atoms with E-state index >= 15 is 0 Å². The molecule has 4 aromatic rings. The number of carboxylic acid groups (broad SMARTS) is 1. The lowest BCUT2D eigenvalue weighted by Crippen LogP contribution is -2.39. The summed E-state index contributed by atoms with van der Waals surface area (Å²) in [5.41, 5.74) is 7.12. The van der Waals surface area contributed by atoms with Crippen LogP contribution in [0.3, 0.4) is 0 Å². The molecule has 3 N–H and O–H groups in total. The maximum atomic E-state index is 11.5. The van der Waals surface area contributed by atoms with Gasteiger partial charge < -0.3 is 29.2 Å². The zero-order valence-corrected chi connectivity index (χ0v) is 24.6. The van der Waals surface area contributed by atoms with E-state index in [1.165, 1.54) is 0 Å². The van der Waals surface area contributed by atoms with Gasteiger partial charge in [0.05, 0.1) is 18.2 Å². The number of aliphatic hydroxyl groups excluding tert-OH is 1. The zero-order chi connectivity index (χ0) is 31.1. The average molecular weight is 595 g/mol. The van der Waals surface area contributed by atoms with Crippen molar-refractivity contribution in [1.82, 2.24) is 5.32 Å². The molecule has 0 unspecified atom stereocenters. The van der Waals surface area contributed by atoms with Gasteiger partial charge in [0.1, 0.15) is 44.0 Å². The number of carbonyl (C=O) groups is 1. The Bertz CT molecular complexity index is 1700. The number of nitrogens with zero attached hydrogens (tertiary/aromatic N) is 1. The molecule has 4 aromatic carbocycles. The van der Waals surface area contributed by atoms with Crippen LogP contribution in [0.4, 0.5) is 0 Å². The number of hydrogen-bond acceptors (Lipinski definition) is 8. The predicted octanol–water partition coefficient (Wildman–Crippen LogP) is 5.31. The number of rotatable bonds is 12. The van der Waals surface area contributed by atoms with Crippen molar-refractivity contribution in [3.8, 4) is 40.2 Å². The molecule has 0 aromatic heterocycles. The van der Waals surface area contributed by atoms with Crippen molar-refractivity contribution in [2.45, 2.75) is 39.6 Å². The van der Waals surface area contributed by atoms with E-state index < -0.39 is 18.6 Å². The number of fused-ring (bicyclic) bond motifs is 1. The molecule has 0 radical (unpaired) electrons. The third kappa shape index (κ3) is 7.11. The molecule has 1 aliphatic rings. The van der Waals surface area contributed by atoms with Gasteiger partial charge >= 0.3 is 5.97 Å². The molecule has 44 heavy (non-hydrogen) atoms. The van der Waals surface area contributed by atoms with Crippen molar-refractivity contribution in [3.63, 3.8) is 0 Å². The minimum absolute atomic E-state index is 0.161. The number of aliphatic hydroxyl groups is 1. The van der Waals surface area contributed by atoms with Gasteiger partial charge in [0.25, 0.3) is 0 Å². The fourth-order valence-electron chi connectivity index (χ4n) is 5.06. The Hall–Kier alpha value is -5.04. The quantitative estimate of drug-likeness (QED) is 0.200. The summed E-state index contributed by atoms with van der Waals surface area (Å²) in [6.45, 7) is 5.16. The first kappa shape index (κ1) is 30.4. The van der Waals surface area contributed by atoms with Crippen LogP contribution in [-0.2, 0) is 24.6 Å². The Labute approximate surface area is 256 Å². The Kier molecular flexibility index (Phi) is 9.65. The van der Waals surface area contributed by atoms with Crippen LogP contribution in [-0.4, -0.2) is 42.0 Å². The summed E-state index contributed by atoms with van der Waals surface area (Å²) in [5.74, 6) is 1.44. The Balaban J connectivity index is 1.37. The number of aliphatic carboxylic acids is 1. The molecule has 1 aliphatic heterocycles. The highest BCUT2D eigenvalue weighted by atomic mass is 16.6. The van der Waals surface area contributed by atoms with E-state index in [0.29, 0.717) is 36.9 Å². The molecule has 0 aliphatic carbocycles. The second kappa shape index (κ2) is 14.0. The summed E-state index contributed by atoms with van der Waals surface area (Å²) in [4.78, 5) is 11.5. The molecule has 5 rings (SSSR count). The van der Waals surface area contributed by atoms with E-state index in [2.05, 4.69) is 24.4 Å². The van der Waals surface area contributed by atoms with Gasteiger partial charge in [-0.3, -0.25) is 10.1 Å². The molecule has 0 saturated carbocycles. The summed E-state index contributed by atoms with van der Waals surface area (Å²) >= 11 is 0. The van der Waals surface area contributed by atoms with Crippen molar-refractivity contribution in [2.75, 3.05) is 19.8 Å². The van der Waals surface area contributed by atoms with E-state index in [9.17, 15) is 20.3 Å². The predicted molar refractivity (Wildman–Crippen MR) is 164 cm³/mol. The van der Waals surface area contributed by atoms with Crippen LogP contribution in [0.15, 0.2) is 72.8 Å². The highest BCUT2D eigenvalue weighted by Crippen LogP contribution is 2.36. The lowest BCUT2D eigenvalue weighted by molar-refractivity contribution is -0.140. The number of aryl methyl sites for hydroxylation is 1. The van der Waals surface area contributed by atoms with Gasteiger partial charge in [-0.05, 0) is 77.6 Å². The minimum Gasteiger partial charge on any atom is -0.489 e. The van der Waals surface area contributed by atoms with Crippen LogP contribution < -0.4 is 24.3 Å². The zero-order valence-electron chi connectivity index (χ0n) is 24.6. The van der Waals surface area contributed by atoms with E-state index in [1.54, 1.807) is 24.3 Å². The van der Waals surface area contributed by atoms with Crippen LogP contribution in [0.2, 0.25) is 0 Å². The monoisotopic (exact) mass is 594 g/mol. The normalized spacial score (nSPS) is 12.7. The third-order valence-corrected chi connectivity index (χ3v) is 7.56. The third-order valence-electron chi connectivity index (χ3n) is 7.56. The van der Waals surface area contributed by atoms with Crippen molar-refractivity contribution >= 4 is 5.97 Å². The van der Waals surface area contributed by atoms with E-state index in [1.807, 2.05) is 49.4 Å². The van der Waals surface area contributed by atoms with Gasteiger partial charge in [-0.15, -0.1) is 0 Å². The molecule has 9 nitrogen and oxygen atoms in total. The summed E-state index contributed by atoms with van der Waals surface area (Å²) in [6, 6.07) is 23.9. The molecule has 1 atom stereocenters. The van der Waals surface area contributed by atoms with Crippen LogP contribution >= 0.6 is 0 Å².